The molecule has 0 radical (unpaired) electrons. The van der Waals surface area contributed by atoms with Crippen molar-refractivity contribution in [3.05, 3.63) is 87.0 Å². The van der Waals surface area contributed by atoms with Gasteiger partial charge in [0.25, 0.3) is 11.5 Å². The highest BCUT2D eigenvalue weighted by Crippen LogP contribution is 2.24. The second-order valence-corrected chi connectivity index (χ2v) is 6.79. The van der Waals surface area contributed by atoms with Crippen LogP contribution in [-0.4, -0.2) is 20.5 Å². The number of aromatic amines is 1. The third-order valence-corrected chi connectivity index (χ3v) is 4.40. The van der Waals surface area contributed by atoms with Crippen molar-refractivity contribution in [2.24, 2.45) is 0 Å². The van der Waals surface area contributed by atoms with E-state index in [9.17, 15) is 14.0 Å². The smallest absolute Gasteiger partial charge is 0.272 e. The molecule has 1 amide bonds. The summed E-state index contributed by atoms with van der Waals surface area (Å²) in [5.74, 6) is -0.640. The van der Waals surface area contributed by atoms with E-state index in [1.165, 1.54) is 34.8 Å². The molecule has 9 heteroatoms. The second-order valence-electron chi connectivity index (χ2n) is 6.35. The van der Waals surface area contributed by atoms with E-state index in [0.717, 1.165) is 0 Å². The quantitative estimate of drug-likeness (QED) is 0.471. The molecule has 0 fully saturated rings. The molecule has 2 aromatic heterocycles. The summed E-state index contributed by atoms with van der Waals surface area (Å²) in [6.45, 7) is 1.67. The molecule has 29 heavy (non-hydrogen) atoms. The number of nitrogens with zero attached hydrogens (tertiary/aromatic N) is 2. The number of rotatable bonds is 4. The number of aromatic nitrogens is 3. The normalized spacial score (nSPS) is 10.9. The van der Waals surface area contributed by atoms with E-state index in [1.807, 2.05) is 0 Å². The van der Waals surface area contributed by atoms with Gasteiger partial charge in [-0.05, 0) is 49.4 Å². The van der Waals surface area contributed by atoms with Crippen LogP contribution in [0.1, 0.15) is 16.1 Å². The summed E-state index contributed by atoms with van der Waals surface area (Å²) in [5, 5.41) is 9.08. The number of anilines is 3. The maximum absolute atomic E-state index is 13.2. The maximum atomic E-state index is 13.2. The van der Waals surface area contributed by atoms with Gasteiger partial charge in [-0.3, -0.25) is 14.7 Å². The van der Waals surface area contributed by atoms with Gasteiger partial charge in [0.05, 0.1) is 0 Å². The number of halogens is 2. The number of fused-ring (bicyclic) bond motifs is 1. The van der Waals surface area contributed by atoms with E-state index in [0.29, 0.717) is 22.1 Å². The summed E-state index contributed by atoms with van der Waals surface area (Å²) < 4.78 is 14.4. The molecule has 0 atom stereocenters. The molecule has 0 aliphatic carbocycles. The molecule has 0 aliphatic rings. The van der Waals surface area contributed by atoms with Crippen LogP contribution in [-0.2, 0) is 0 Å². The zero-order chi connectivity index (χ0) is 20.5. The van der Waals surface area contributed by atoms with Gasteiger partial charge < -0.3 is 10.6 Å². The molecular formula is C20H15ClFN5O2. The third-order valence-electron chi connectivity index (χ3n) is 4.17. The second kappa shape index (κ2) is 7.40. The first-order valence-electron chi connectivity index (χ1n) is 8.62. The lowest BCUT2D eigenvalue weighted by molar-refractivity contribution is 0.102. The van der Waals surface area contributed by atoms with Gasteiger partial charge in [-0.15, -0.1) is 0 Å². The van der Waals surface area contributed by atoms with E-state index in [-0.39, 0.29) is 28.4 Å². The van der Waals surface area contributed by atoms with Crippen molar-refractivity contribution in [1.29, 1.82) is 0 Å². The number of carbonyl (C=O) groups excluding carboxylic acids is 1. The Kier molecular flexibility index (Phi) is 4.77. The largest absolute Gasteiger partial charge is 0.340 e. The van der Waals surface area contributed by atoms with Gasteiger partial charge in [0.1, 0.15) is 17.2 Å². The van der Waals surface area contributed by atoms with Crippen LogP contribution in [0, 0.1) is 12.7 Å². The van der Waals surface area contributed by atoms with E-state index >= 15 is 0 Å². The molecule has 0 saturated heterocycles. The Morgan fingerprint density at radius 1 is 1.14 bits per heavy atom. The van der Waals surface area contributed by atoms with Crippen LogP contribution in [0.2, 0.25) is 5.02 Å². The molecule has 0 spiro atoms. The van der Waals surface area contributed by atoms with Crippen molar-refractivity contribution >= 4 is 40.3 Å². The Morgan fingerprint density at radius 2 is 1.90 bits per heavy atom. The molecule has 2 aromatic carbocycles. The highest BCUT2D eigenvalue weighted by molar-refractivity contribution is 6.31. The average molecular weight is 412 g/mol. The number of aryl methyl sites for hydroxylation is 1. The summed E-state index contributed by atoms with van der Waals surface area (Å²) >= 11 is 5.98. The molecular weight excluding hydrogens is 397 g/mol. The fourth-order valence-electron chi connectivity index (χ4n) is 2.90. The van der Waals surface area contributed by atoms with Gasteiger partial charge in [-0.2, -0.15) is 4.52 Å². The number of hydrogen-bond acceptors (Lipinski definition) is 4. The average Bonchev–Trinajstić information content (AvgIpc) is 3.02. The molecule has 4 rings (SSSR count). The lowest BCUT2D eigenvalue weighted by atomic mass is 10.2. The minimum Gasteiger partial charge on any atom is -0.340 e. The zero-order valence-corrected chi connectivity index (χ0v) is 15.9. The summed E-state index contributed by atoms with van der Waals surface area (Å²) in [6, 6.07) is 13.6. The fraction of sp³-hybridized carbons (Fsp3) is 0.0500. The minimum atomic E-state index is -0.492. The zero-order valence-electron chi connectivity index (χ0n) is 15.2. The summed E-state index contributed by atoms with van der Waals surface area (Å²) in [4.78, 5) is 29.7. The number of carbonyl (C=O) groups is 1. The van der Waals surface area contributed by atoms with Crippen LogP contribution < -0.4 is 16.2 Å². The number of H-pyrrole nitrogens is 1. The Balaban J connectivity index is 1.81. The summed E-state index contributed by atoms with van der Waals surface area (Å²) in [7, 11) is 0. The Hall–Kier alpha value is -3.65. The van der Waals surface area contributed by atoms with Gasteiger partial charge in [-0.1, -0.05) is 17.7 Å². The van der Waals surface area contributed by atoms with Crippen molar-refractivity contribution in [3.8, 4) is 0 Å². The number of nitrogens with one attached hydrogen (secondary N) is 3. The standard InChI is InChI=1S/C20H15ClFN5O2/c1-11-9-16(28)27-19(23-11)17(20(29)25-15-4-2-3-12(21)10-15)18(26-27)24-14-7-5-13(22)6-8-14/h2-10,24,26H,1H3,(H,25,29). The minimum absolute atomic E-state index is 0.134. The first kappa shape index (κ1) is 18.7. The lowest BCUT2D eigenvalue weighted by Gasteiger charge is -2.08. The number of hydrogen-bond donors (Lipinski definition) is 3. The maximum Gasteiger partial charge on any atom is 0.272 e. The predicted octanol–water partition coefficient (Wildman–Crippen LogP) is 4.12. The van der Waals surface area contributed by atoms with Crippen LogP contribution in [0.25, 0.3) is 5.65 Å². The highest BCUT2D eigenvalue weighted by Gasteiger charge is 2.22. The van der Waals surface area contributed by atoms with Crippen molar-refractivity contribution in [1.82, 2.24) is 14.6 Å². The molecule has 4 aromatic rings. The van der Waals surface area contributed by atoms with Crippen LogP contribution in [0.15, 0.2) is 59.4 Å². The van der Waals surface area contributed by atoms with Crippen LogP contribution in [0.4, 0.5) is 21.6 Å². The van der Waals surface area contributed by atoms with Crippen molar-refractivity contribution in [3.63, 3.8) is 0 Å². The number of amides is 1. The van der Waals surface area contributed by atoms with Crippen molar-refractivity contribution in [2.45, 2.75) is 6.92 Å². The van der Waals surface area contributed by atoms with E-state index in [2.05, 4.69) is 20.7 Å². The van der Waals surface area contributed by atoms with Crippen molar-refractivity contribution in [2.75, 3.05) is 10.6 Å². The Bertz CT molecular complexity index is 1280. The third kappa shape index (κ3) is 3.83. The molecule has 0 bridgehead atoms. The highest BCUT2D eigenvalue weighted by atomic mass is 35.5. The first-order valence-corrected chi connectivity index (χ1v) is 9.00. The van der Waals surface area contributed by atoms with Gasteiger partial charge >= 0.3 is 0 Å². The van der Waals surface area contributed by atoms with Crippen LogP contribution in [0.5, 0.6) is 0 Å². The predicted molar refractivity (Wildman–Crippen MR) is 110 cm³/mol. The van der Waals surface area contributed by atoms with Crippen molar-refractivity contribution < 1.29 is 9.18 Å². The topological polar surface area (TPSA) is 91.3 Å². The van der Waals surface area contributed by atoms with Gasteiger partial charge in [0.15, 0.2) is 5.65 Å². The molecule has 0 unspecified atom stereocenters. The Morgan fingerprint density at radius 3 is 2.62 bits per heavy atom. The number of benzene rings is 2. The molecule has 2 heterocycles. The molecule has 7 nitrogen and oxygen atoms in total. The first-order chi connectivity index (χ1) is 13.9. The van der Waals surface area contributed by atoms with Gasteiger partial charge in [0, 0.05) is 28.2 Å². The lowest BCUT2D eigenvalue weighted by Crippen LogP contribution is -2.17. The fourth-order valence-corrected chi connectivity index (χ4v) is 3.09. The molecule has 0 saturated carbocycles. The Labute approximate surface area is 169 Å². The van der Waals surface area contributed by atoms with E-state index in [1.54, 1.807) is 31.2 Å². The van der Waals surface area contributed by atoms with E-state index in [4.69, 9.17) is 11.6 Å². The molecule has 3 N–H and O–H groups in total. The summed E-state index contributed by atoms with van der Waals surface area (Å²) in [6.07, 6.45) is 0. The van der Waals surface area contributed by atoms with Gasteiger partial charge in [-0.25, -0.2) is 9.37 Å². The molecule has 0 aliphatic heterocycles. The molecule has 146 valence electrons. The monoisotopic (exact) mass is 411 g/mol. The van der Waals surface area contributed by atoms with E-state index < -0.39 is 5.91 Å². The van der Waals surface area contributed by atoms with Crippen LogP contribution in [0.3, 0.4) is 0 Å². The van der Waals surface area contributed by atoms with Crippen LogP contribution >= 0.6 is 11.6 Å². The SMILES string of the molecule is Cc1cc(=O)n2[nH]c(Nc3ccc(F)cc3)c(C(=O)Nc3cccc(Cl)c3)c2n1. The van der Waals surface area contributed by atoms with Gasteiger partial charge in [0.2, 0.25) is 0 Å². The summed E-state index contributed by atoms with van der Waals surface area (Å²) in [5.41, 5.74) is 1.42.